The summed E-state index contributed by atoms with van der Waals surface area (Å²) < 4.78 is 22.8. The lowest BCUT2D eigenvalue weighted by Crippen LogP contribution is -2.32. The third-order valence-corrected chi connectivity index (χ3v) is 5.44. The smallest absolute Gasteiger partial charge is 0.292 e. The number of hydrogen-bond acceptors (Lipinski definition) is 5. The third kappa shape index (κ3) is 3.27. The summed E-state index contributed by atoms with van der Waals surface area (Å²) in [6.07, 6.45) is 0.985. The molecule has 1 aromatic rings. The van der Waals surface area contributed by atoms with Crippen LogP contribution in [0.2, 0.25) is 0 Å². The van der Waals surface area contributed by atoms with Gasteiger partial charge in [0.05, 0.1) is 16.4 Å². The summed E-state index contributed by atoms with van der Waals surface area (Å²) in [6.45, 7) is 3.73. The van der Waals surface area contributed by atoms with Crippen LogP contribution in [-0.4, -0.2) is 30.9 Å². The molecule has 0 bridgehead atoms. The van der Waals surface area contributed by atoms with Crippen molar-refractivity contribution < 1.29 is 13.3 Å². The average Bonchev–Trinajstić information content (AvgIpc) is 2.35. The van der Waals surface area contributed by atoms with Crippen molar-refractivity contribution in [2.45, 2.75) is 32.7 Å². The molecule has 2 rings (SSSR count). The monoisotopic (exact) mass is 298 g/mol. The fourth-order valence-electron chi connectivity index (χ4n) is 2.32. The Morgan fingerprint density at radius 3 is 2.30 bits per heavy atom. The molecule has 0 amide bonds. The molecule has 1 aliphatic heterocycles. The van der Waals surface area contributed by atoms with Crippen LogP contribution in [0.25, 0.3) is 0 Å². The highest BCUT2D eigenvalue weighted by molar-refractivity contribution is 7.91. The van der Waals surface area contributed by atoms with Gasteiger partial charge in [-0.3, -0.25) is 10.1 Å². The van der Waals surface area contributed by atoms with Crippen LogP contribution in [-0.2, 0) is 9.84 Å². The van der Waals surface area contributed by atoms with E-state index in [-0.39, 0.29) is 23.2 Å². The Hall–Kier alpha value is -1.63. The normalized spacial score (nSPS) is 18.7. The maximum Gasteiger partial charge on any atom is 0.292 e. The minimum Gasteiger partial charge on any atom is -0.377 e. The van der Waals surface area contributed by atoms with E-state index >= 15 is 0 Å². The van der Waals surface area contributed by atoms with E-state index < -0.39 is 14.8 Å². The van der Waals surface area contributed by atoms with E-state index in [2.05, 4.69) is 5.32 Å². The molecular formula is C13H18N2O4S. The molecule has 0 aromatic heterocycles. The van der Waals surface area contributed by atoms with Crippen LogP contribution in [0.5, 0.6) is 0 Å². The summed E-state index contributed by atoms with van der Waals surface area (Å²) in [5, 5.41) is 14.2. The molecule has 0 unspecified atom stereocenters. The van der Waals surface area contributed by atoms with Gasteiger partial charge in [-0.2, -0.15) is 0 Å². The number of nitro benzene ring substituents is 1. The predicted molar refractivity (Wildman–Crippen MR) is 77.9 cm³/mol. The van der Waals surface area contributed by atoms with Crippen molar-refractivity contribution in [3.63, 3.8) is 0 Å². The molecule has 0 spiro atoms. The van der Waals surface area contributed by atoms with Gasteiger partial charge in [-0.05, 0) is 43.9 Å². The Labute approximate surface area is 118 Å². The van der Waals surface area contributed by atoms with Gasteiger partial charge in [0.2, 0.25) is 0 Å². The fraction of sp³-hybridized carbons (Fsp3) is 0.538. The Bertz CT molecular complexity index is 626. The van der Waals surface area contributed by atoms with Gasteiger partial charge in [-0.15, -0.1) is 0 Å². The van der Waals surface area contributed by atoms with Gasteiger partial charge < -0.3 is 5.32 Å². The van der Waals surface area contributed by atoms with Gasteiger partial charge >= 0.3 is 0 Å². The number of aryl methyl sites for hydroxylation is 2. The predicted octanol–water partition coefficient (Wildman–Crippen LogP) is 2.20. The Kier molecular flexibility index (Phi) is 3.99. The first kappa shape index (κ1) is 14.8. The summed E-state index contributed by atoms with van der Waals surface area (Å²) in [6, 6.07) is 3.28. The largest absolute Gasteiger partial charge is 0.377 e. The second kappa shape index (κ2) is 5.40. The highest BCUT2D eigenvalue weighted by Gasteiger charge is 2.25. The molecule has 1 heterocycles. The van der Waals surface area contributed by atoms with Crippen molar-refractivity contribution in [1.29, 1.82) is 0 Å². The maximum absolute atomic E-state index is 11.4. The second-order valence-corrected chi connectivity index (χ2v) is 7.58. The number of nitrogens with zero attached hydrogens (tertiary/aromatic N) is 1. The van der Waals surface area contributed by atoms with E-state index in [1.165, 1.54) is 0 Å². The zero-order valence-corrected chi connectivity index (χ0v) is 12.4. The van der Waals surface area contributed by atoms with Crippen LogP contribution < -0.4 is 5.32 Å². The molecule has 1 saturated heterocycles. The number of hydrogen-bond donors (Lipinski definition) is 1. The average molecular weight is 298 g/mol. The Morgan fingerprint density at radius 2 is 1.75 bits per heavy atom. The molecule has 7 heteroatoms. The number of rotatable bonds is 3. The van der Waals surface area contributed by atoms with E-state index in [1.807, 2.05) is 13.8 Å². The van der Waals surface area contributed by atoms with Crippen molar-refractivity contribution in [2.24, 2.45) is 0 Å². The van der Waals surface area contributed by atoms with Gasteiger partial charge in [0, 0.05) is 12.1 Å². The number of nitrogens with one attached hydrogen (secondary N) is 1. The third-order valence-electron chi connectivity index (χ3n) is 3.72. The molecule has 0 saturated carbocycles. The maximum atomic E-state index is 11.4. The van der Waals surface area contributed by atoms with Gasteiger partial charge in [0.1, 0.15) is 15.5 Å². The summed E-state index contributed by atoms with van der Waals surface area (Å²) in [5.74, 6) is 0.284. The molecule has 0 radical (unpaired) electrons. The Balaban J connectivity index is 2.21. The summed E-state index contributed by atoms with van der Waals surface area (Å²) in [7, 11) is -2.92. The first-order valence-electron chi connectivity index (χ1n) is 6.51. The second-order valence-electron chi connectivity index (χ2n) is 5.28. The van der Waals surface area contributed by atoms with Gasteiger partial charge in [-0.25, -0.2) is 8.42 Å². The number of sulfone groups is 1. The number of benzene rings is 1. The van der Waals surface area contributed by atoms with Gasteiger partial charge in [0.25, 0.3) is 5.69 Å². The zero-order valence-electron chi connectivity index (χ0n) is 11.5. The highest BCUT2D eigenvalue weighted by Crippen LogP contribution is 2.30. The molecule has 1 fully saturated rings. The van der Waals surface area contributed by atoms with Crippen molar-refractivity contribution >= 4 is 21.2 Å². The first-order chi connectivity index (χ1) is 9.28. The summed E-state index contributed by atoms with van der Waals surface area (Å²) in [4.78, 5) is 10.7. The molecular weight excluding hydrogens is 280 g/mol. The molecule has 1 N–H and O–H groups in total. The molecule has 6 nitrogen and oxygen atoms in total. The van der Waals surface area contributed by atoms with Crippen LogP contribution in [0.1, 0.15) is 24.0 Å². The highest BCUT2D eigenvalue weighted by atomic mass is 32.2. The van der Waals surface area contributed by atoms with E-state index in [1.54, 1.807) is 12.1 Å². The standard InChI is InChI=1S/C13H18N2O4S/c1-9-7-12(13(15(16)17)8-10(9)2)14-11-3-5-20(18,19)6-4-11/h7-8,11,14H,3-6H2,1-2H3. The van der Waals surface area contributed by atoms with Crippen molar-refractivity contribution in [2.75, 3.05) is 16.8 Å². The van der Waals surface area contributed by atoms with Crippen LogP contribution in [0.15, 0.2) is 12.1 Å². The lowest BCUT2D eigenvalue weighted by atomic mass is 10.1. The van der Waals surface area contributed by atoms with Crippen LogP contribution in [0, 0.1) is 24.0 Å². The fourth-order valence-corrected chi connectivity index (χ4v) is 3.81. The van der Waals surface area contributed by atoms with E-state index in [0.717, 1.165) is 11.1 Å². The quantitative estimate of drug-likeness (QED) is 0.682. The SMILES string of the molecule is Cc1cc(NC2CCS(=O)(=O)CC2)c([N+](=O)[O-])cc1C. The summed E-state index contributed by atoms with van der Waals surface area (Å²) in [5.41, 5.74) is 2.36. The van der Waals surface area contributed by atoms with E-state index in [0.29, 0.717) is 18.5 Å². The minimum atomic E-state index is -2.92. The summed E-state index contributed by atoms with van der Waals surface area (Å²) >= 11 is 0. The number of nitro groups is 1. The topological polar surface area (TPSA) is 89.3 Å². The molecule has 1 aromatic carbocycles. The van der Waals surface area contributed by atoms with Crippen LogP contribution in [0.3, 0.4) is 0 Å². The minimum absolute atomic E-state index is 0.0284. The Morgan fingerprint density at radius 1 is 1.20 bits per heavy atom. The molecule has 0 atom stereocenters. The van der Waals surface area contributed by atoms with Gasteiger partial charge in [0.15, 0.2) is 0 Å². The zero-order chi connectivity index (χ0) is 14.9. The molecule has 110 valence electrons. The molecule has 20 heavy (non-hydrogen) atoms. The molecule has 1 aliphatic rings. The number of anilines is 1. The first-order valence-corrected chi connectivity index (χ1v) is 8.33. The van der Waals surface area contributed by atoms with Crippen molar-refractivity contribution in [3.8, 4) is 0 Å². The van der Waals surface area contributed by atoms with Gasteiger partial charge in [-0.1, -0.05) is 0 Å². The van der Waals surface area contributed by atoms with E-state index in [4.69, 9.17) is 0 Å². The molecule has 0 aliphatic carbocycles. The van der Waals surface area contributed by atoms with E-state index in [9.17, 15) is 18.5 Å². The van der Waals surface area contributed by atoms with Crippen molar-refractivity contribution in [1.82, 2.24) is 0 Å². The van der Waals surface area contributed by atoms with Crippen molar-refractivity contribution in [3.05, 3.63) is 33.4 Å². The van der Waals surface area contributed by atoms with Crippen LogP contribution >= 0.6 is 0 Å². The van der Waals surface area contributed by atoms with Crippen LogP contribution in [0.4, 0.5) is 11.4 Å². The lowest BCUT2D eigenvalue weighted by molar-refractivity contribution is -0.384. The lowest BCUT2D eigenvalue weighted by Gasteiger charge is -2.24.